The molecule has 2 heterocycles. The van der Waals surface area contributed by atoms with Gasteiger partial charge >= 0.3 is 0 Å². The first kappa shape index (κ1) is 21.9. The highest BCUT2D eigenvalue weighted by Gasteiger charge is 2.28. The Labute approximate surface area is 180 Å². The van der Waals surface area contributed by atoms with Crippen LogP contribution in [0.3, 0.4) is 0 Å². The number of carbonyl (C=O) groups is 1. The number of hydrogen-bond acceptors (Lipinski definition) is 5. The zero-order chi connectivity index (χ0) is 21.2. The third-order valence-electron chi connectivity index (χ3n) is 4.79. The first-order valence-electron chi connectivity index (χ1n) is 9.36. The molecule has 0 aliphatic carbocycles. The molecule has 2 N–H and O–H groups in total. The Hall–Kier alpha value is -1.83. The fraction of sp³-hybridized carbons (Fsp3) is 0.400. The minimum atomic E-state index is -2.96. The number of halogens is 2. The van der Waals surface area contributed by atoms with Gasteiger partial charge in [-0.2, -0.15) is 0 Å². The van der Waals surface area contributed by atoms with Gasteiger partial charge in [0.25, 0.3) is 5.91 Å². The van der Waals surface area contributed by atoms with Crippen LogP contribution in [0.4, 0.5) is 11.5 Å². The van der Waals surface area contributed by atoms with E-state index in [4.69, 9.17) is 23.2 Å². The average Bonchev–Trinajstić information content (AvgIpc) is 3.01. The van der Waals surface area contributed by atoms with Crippen LogP contribution in [0.15, 0.2) is 30.3 Å². The molecule has 1 saturated heterocycles. The van der Waals surface area contributed by atoms with Crippen molar-refractivity contribution in [2.45, 2.75) is 26.2 Å². The number of nitrogens with one attached hydrogen (secondary N) is 2. The number of anilines is 2. The van der Waals surface area contributed by atoms with Crippen LogP contribution in [0.5, 0.6) is 0 Å². The van der Waals surface area contributed by atoms with Crippen molar-refractivity contribution in [2.75, 3.05) is 23.4 Å². The van der Waals surface area contributed by atoms with Gasteiger partial charge in [-0.25, -0.2) is 13.4 Å². The van der Waals surface area contributed by atoms with Crippen LogP contribution in [0, 0.1) is 5.92 Å². The van der Waals surface area contributed by atoms with Crippen molar-refractivity contribution in [3.05, 3.63) is 51.6 Å². The molecule has 29 heavy (non-hydrogen) atoms. The molecule has 1 unspecified atom stereocenters. The van der Waals surface area contributed by atoms with Gasteiger partial charge < -0.3 is 10.6 Å². The summed E-state index contributed by atoms with van der Waals surface area (Å²) in [7, 11) is -2.96. The lowest BCUT2D eigenvalue weighted by Crippen LogP contribution is -2.31. The second-order valence-electron chi connectivity index (χ2n) is 7.51. The maximum atomic E-state index is 12.7. The number of amides is 1. The summed E-state index contributed by atoms with van der Waals surface area (Å²) in [6, 6.07) is 8.56. The quantitative estimate of drug-likeness (QED) is 0.672. The molecule has 1 aromatic heterocycles. The van der Waals surface area contributed by atoms with Gasteiger partial charge in [-0.3, -0.25) is 4.79 Å². The predicted molar refractivity (Wildman–Crippen MR) is 117 cm³/mol. The molecule has 1 aliphatic heterocycles. The monoisotopic (exact) mass is 455 g/mol. The van der Waals surface area contributed by atoms with Crippen molar-refractivity contribution >= 4 is 50.5 Å². The molecule has 1 aromatic carbocycles. The van der Waals surface area contributed by atoms with Gasteiger partial charge in [0.15, 0.2) is 9.84 Å². The average molecular weight is 456 g/mol. The molecule has 9 heteroatoms. The van der Waals surface area contributed by atoms with Gasteiger partial charge in [0, 0.05) is 11.6 Å². The molecule has 0 bridgehead atoms. The lowest BCUT2D eigenvalue weighted by molar-refractivity contribution is 0.0946. The number of benzene rings is 1. The SMILES string of the molecule is CC(C)c1nc(Nc2ccc(Cl)cc2Cl)ccc1C(=O)NCC1CCS(=O)(=O)C1. The molecule has 2 aromatic rings. The van der Waals surface area contributed by atoms with Gasteiger partial charge in [-0.05, 0) is 48.6 Å². The Morgan fingerprint density at radius 2 is 2.00 bits per heavy atom. The smallest absolute Gasteiger partial charge is 0.253 e. The van der Waals surface area contributed by atoms with E-state index in [0.717, 1.165) is 0 Å². The van der Waals surface area contributed by atoms with Crippen LogP contribution >= 0.6 is 23.2 Å². The molecule has 1 atom stereocenters. The van der Waals surface area contributed by atoms with Gasteiger partial charge in [0.2, 0.25) is 0 Å². The molecule has 0 radical (unpaired) electrons. The van der Waals surface area contributed by atoms with Crippen molar-refractivity contribution in [1.29, 1.82) is 0 Å². The highest BCUT2D eigenvalue weighted by atomic mass is 35.5. The number of carbonyl (C=O) groups excluding carboxylic acids is 1. The number of aromatic nitrogens is 1. The summed E-state index contributed by atoms with van der Waals surface area (Å²) in [5.41, 5.74) is 1.79. The van der Waals surface area contributed by atoms with Crippen molar-refractivity contribution in [3.63, 3.8) is 0 Å². The molecule has 1 amide bonds. The van der Waals surface area contributed by atoms with Crippen LogP contribution in [-0.4, -0.2) is 37.4 Å². The van der Waals surface area contributed by atoms with E-state index in [0.29, 0.717) is 45.8 Å². The first-order valence-corrected chi connectivity index (χ1v) is 11.9. The van der Waals surface area contributed by atoms with E-state index in [1.54, 1.807) is 30.3 Å². The standard InChI is InChI=1S/C20H23Cl2N3O3S/c1-12(2)19-15(20(26)23-10-13-7-8-29(27,28)11-13)4-6-18(25-19)24-17-5-3-14(21)9-16(17)22/h3-6,9,12-13H,7-8,10-11H2,1-2H3,(H,23,26)(H,24,25). The summed E-state index contributed by atoms with van der Waals surface area (Å²) in [6.45, 7) is 4.26. The largest absolute Gasteiger partial charge is 0.352 e. The normalized spacial score (nSPS) is 18.0. The van der Waals surface area contributed by atoms with E-state index in [9.17, 15) is 13.2 Å². The Morgan fingerprint density at radius 3 is 2.62 bits per heavy atom. The maximum absolute atomic E-state index is 12.7. The van der Waals surface area contributed by atoms with E-state index >= 15 is 0 Å². The van der Waals surface area contributed by atoms with Gasteiger partial charge in [0.05, 0.1) is 33.5 Å². The fourth-order valence-electron chi connectivity index (χ4n) is 3.27. The number of rotatable bonds is 6. The van der Waals surface area contributed by atoms with Gasteiger partial charge in [-0.15, -0.1) is 0 Å². The van der Waals surface area contributed by atoms with E-state index in [1.165, 1.54) is 0 Å². The summed E-state index contributed by atoms with van der Waals surface area (Å²) in [5, 5.41) is 7.02. The highest BCUT2D eigenvalue weighted by Crippen LogP contribution is 2.29. The number of nitrogens with zero attached hydrogens (tertiary/aromatic N) is 1. The van der Waals surface area contributed by atoms with Gasteiger partial charge in [0.1, 0.15) is 5.82 Å². The molecule has 0 saturated carbocycles. The van der Waals surface area contributed by atoms with E-state index in [1.807, 2.05) is 13.8 Å². The van der Waals surface area contributed by atoms with E-state index in [-0.39, 0.29) is 29.2 Å². The predicted octanol–water partition coefficient (Wildman–Crippen LogP) is 4.42. The molecular weight excluding hydrogens is 433 g/mol. The minimum absolute atomic E-state index is 0.0186. The zero-order valence-corrected chi connectivity index (χ0v) is 18.5. The summed E-state index contributed by atoms with van der Waals surface area (Å²) in [6.07, 6.45) is 0.586. The zero-order valence-electron chi connectivity index (χ0n) is 16.2. The summed E-state index contributed by atoms with van der Waals surface area (Å²) < 4.78 is 23.2. The van der Waals surface area contributed by atoms with E-state index < -0.39 is 9.84 Å². The van der Waals surface area contributed by atoms with E-state index in [2.05, 4.69) is 15.6 Å². The van der Waals surface area contributed by atoms with Crippen LogP contribution < -0.4 is 10.6 Å². The van der Waals surface area contributed by atoms with Crippen LogP contribution in [0.1, 0.15) is 42.2 Å². The third-order valence-corrected chi connectivity index (χ3v) is 7.17. The number of hydrogen-bond donors (Lipinski definition) is 2. The molecule has 156 valence electrons. The highest BCUT2D eigenvalue weighted by molar-refractivity contribution is 7.91. The molecular formula is C20H23Cl2N3O3S. The van der Waals surface area contributed by atoms with Gasteiger partial charge in [-0.1, -0.05) is 37.0 Å². The second kappa shape index (κ2) is 8.90. The van der Waals surface area contributed by atoms with Crippen LogP contribution in [-0.2, 0) is 9.84 Å². The lowest BCUT2D eigenvalue weighted by Gasteiger charge is -2.16. The molecule has 1 fully saturated rings. The molecule has 3 rings (SSSR count). The minimum Gasteiger partial charge on any atom is -0.352 e. The van der Waals surface area contributed by atoms with Crippen molar-refractivity contribution in [1.82, 2.24) is 10.3 Å². The third kappa shape index (κ3) is 5.62. The van der Waals surface area contributed by atoms with Crippen molar-refractivity contribution in [3.8, 4) is 0 Å². The van der Waals surface area contributed by atoms with Crippen molar-refractivity contribution < 1.29 is 13.2 Å². The summed E-state index contributed by atoms with van der Waals surface area (Å²) >= 11 is 12.1. The topological polar surface area (TPSA) is 88.2 Å². The van der Waals surface area contributed by atoms with Crippen molar-refractivity contribution in [2.24, 2.45) is 5.92 Å². The first-order chi connectivity index (χ1) is 13.6. The Balaban J connectivity index is 1.74. The molecule has 6 nitrogen and oxygen atoms in total. The summed E-state index contributed by atoms with van der Waals surface area (Å²) in [5.74, 6) is 0.628. The fourth-order valence-corrected chi connectivity index (χ4v) is 5.59. The maximum Gasteiger partial charge on any atom is 0.253 e. The number of sulfone groups is 1. The lowest BCUT2D eigenvalue weighted by atomic mass is 10.0. The Kier molecular flexibility index (Phi) is 6.71. The molecule has 0 spiro atoms. The Morgan fingerprint density at radius 1 is 1.24 bits per heavy atom. The Bertz CT molecular complexity index is 1030. The molecule has 1 aliphatic rings. The van der Waals surface area contributed by atoms with Crippen LogP contribution in [0.25, 0.3) is 0 Å². The summed E-state index contributed by atoms with van der Waals surface area (Å²) in [4.78, 5) is 17.3. The van der Waals surface area contributed by atoms with Crippen LogP contribution in [0.2, 0.25) is 10.0 Å². The second-order valence-corrected chi connectivity index (χ2v) is 10.6. The number of pyridine rings is 1.